The summed E-state index contributed by atoms with van der Waals surface area (Å²) in [5.41, 5.74) is 5.39. The molecule has 2 fully saturated rings. The van der Waals surface area contributed by atoms with Gasteiger partial charge in [0.1, 0.15) is 0 Å². The summed E-state index contributed by atoms with van der Waals surface area (Å²) in [7, 11) is 0. The highest BCUT2D eigenvalue weighted by molar-refractivity contribution is 5.76. The Balaban J connectivity index is 1.90. The van der Waals surface area contributed by atoms with Crippen LogP contribution in [0.2, 0.25) is 0 Å². The van der Waals surface area contributed by atoms with E-state index >= 15 is 0 Å². The minimum Gasteiger partial charge on any atom is -0.369 e. The van der Waals surface area contributed by atoms with E-state index in [4.69, 9.17) is 5.73 Å². The quantitative estimate of drug-likeness (QED) is 0.748. The molecule has 0 radical (unpaired) electrons. The zero-order chi connectivity index (χ0) is 10.8. The number of primary amides is 1. The molecule has 2 aliphatic rings. The lowest BCUT2D eigenvalue weighted by Gasteiger charge is -2.35. The van der Waals surface area contributed by atoms with Crippen molar-refractivity contribution in [1.82, 2.24) is 4.90 Å². The molecule has 0 aromatic heterocycles. The summed E-state index contributed by atoms with van der Waals surface area (Å²) in [6, 6.07) is 0.724. The van der Waals surface area contributed by atoms with Gasteiger partial charge in [0.2, 0.25) is 5.91 Å². The van der Waals surface area contributed by atoms with Gasteiger partial charge in [0.15, 0.2) is 0 Å². The normalized spacial score (nSPS) is 38.1. The third-order valence-corrected chi connectivity index (χ3v) is 4.04. The number of hydrogen-bond acceptors (Lipinski definition) is 2. The lowest BCUT2D eigenvalue weighted by atomic mass is 9.95. The molecular weight excluding hydrogens is 188 g/mol. The number of carbonyl (C=O) groups excluding carboxylic acids is 1. The second-order valence-corrected chi connectivity index (χ2v) is 5.31. The Morgan fingerprint density at radius 3 is 2.73 bits per heavy atom. The summed E-state index contributed by atoms with van der Waals surface area (Å²) in [4.78, 5) is 13.7. The SMILES string of the molecule is C[C@@H]1CC[C@H](N2CCC[C@H](C(N)=O)C2)C1. The monoisotopic (exact) mass is 210 g/mol. The van der Waals surface area contributed by atoms with Crippen LogP contribution in [-0.4, -0.2) is 29.9 Å². The van der Waals surface area contributed by atoms with Crippen LogP contribution in [0, 0.1) is 11.8 Å². The fourth-order valence-corrected chi connectivity index (χ4v) is 3.08. The number of rotatable bonds is 2. The van der Waals surface area contributed by atoms with Gasteiger partial charge in [-0.15, -0.1) is 0 Å². The van der Waals surface area contributed by atoms with Crippen molar-refractivity contribution in [3.8, 4) is 0 Å². The number of hydrogen-bond donors (Lipinski definition) is 1. The maximum atomic E-state index is 11.2. The molecule has 3 atom stereocenters. The first-order valence-corrected chi connectivity index (χ1v) is 6.20. The molecule has 1 saturated heterocycles. The summed E-state index contributed by atoms with van der Waals surface area (Å²) in [6.45, 7) is 4.41. The van der Waals surface area contributed by atoms with Crippen LogP contribution in [0.1, 0.15) is 39.0 Å². The predicted octanol–water partition coefficient (Wildman–Crippen LogP) is 1.37. The number of piperidine rings is 1. The van der Waals surface area contributed by atoms with E-state index in [0.29, 0.717) is 0 Å². The summed E-state index contributed by atoms with van der Waals surface area (Å²) in [5.74, 6) is 0.865. The number of likely N-dealkylation sites (tertiary alicyclic amines) is 1. The topological polar surface area (TPSA) is 46.3 Å². The molecule has 1 aliphatic heterocycles. The second-order valence-electron chi connectivity index (χ2n) is 5.31. The van der Waals surface area contributed by atoms with Gasteiger partial charge in [-0.25, -0.2) is 0 Å². The fourth-order valence-electron chi connectivity index (χ4n) is 3.08. The zero-order valence-corrected chi connectivity index (χ0v) is 9.61. The van der Waals surface area contributed by atoms with Crippen molar-refractivity contribution >= 4 is 5.91 Å². The first-order chi connectivity index (χ1) is 7.16. The summed E-state index contributed by atoms with van der Waals surface area (Å²) in [6.07, 6.45) is 6.10. The molecular formula is C12H22N2O. The van der Waals surface area contributed by atoms with E-state index in [-0.39, 0.29) is 11.8 Å². The maximum Gasteiger partial charge on any atom is 0.221 e. The molecule has 15 heavy (non-hydrogen) atoms. The molecule has 1 amide bonds. The number of amides is 1. The molecule has 0 bridgehead atoms. The smallest absolute Gasteiger partial charge is 0.221 e. The number of nitrogens with two attached hydrogens (primary N) is 1. The van der Waals surface area contributed by atoms with Gasteiger partial charge in [0.05, 0.1) is 5.92 Å². The molecule has 86 valence electrons. The van der Waals surface area contributed by atoms with E-state index in [1.807, 2.05) is 0 Å². The van der Waals surface area contributed by atoms with Crippen molar-refractivity contribution in [3.63, 3.8) is 0 Å². The molecule has 0 spiro atoms. The summed E-state index contributed by atoms with van der Waals surface area (Å²) >= 11 is 0. The lowest BCUT2D eigenvalue weighted by molar-refractivity contribution is -0.123. The van der Waals surface area contributed by atoms with Crippen LogP contribution >= 0.6 is 0 Å². The molecule has 3 heteroatoms. The Bertz CT molecular complexity index is 242. The molecule has 1 saturated carbocycles. The Morgan fingerprint density at radius 1 is 1.33 bits per heavy atom. The summed E-state index contributed by atoms with van der Waals surface area (Å²) in [5, 5.41) is 0. The van der Waals surface area contributed by atoms with Crippen molar-refractivity contribution in [1.29, 1.82) is 0 Å². The average molecular weight is 210 g/mol. The maximum absolute atomic E-state index is 11.2. The Labute approximate surface area is 92.0 Å². The van der Waals surface area contributed by atoms with Crippen LogP contribution in [0.3, 0.4) is 0 Å². The predicted molar refractivity (Wildman–Crippen MR) is 60.3 cm³/mol. The minimum absolute atomic E-state index is 0.106. The summed E-state index contributed by atoms with van der Waals surface area (Å²) < 4.78 is 0. The highest BCUT2D eigenvalue weighted by Gasteiger charge is 2.31. The number of carbonyl (C=O) groups is 1. The average Bonchev–Trinajstić information content (AvgIpc) is 2.65. The zero-order valence-electron chi connectivity index (χ0n) is 9.61. The van der Waals surface area contributed by atoms with Crippen molar-refractivity contribution in [2.24, 2.45) is 17.6 Å². The van der Waals surface area contributed by atoms with E-state index in [2.05, 4.69) is 11.8 Å². The van der Waals surface area contributed by atoms with Crippen molar-refractivity contribution < 1.29 is 4.79 Å². The largest absolute Gasteiger partial charge is 0.369 e. The van der Waals surface area contributed by atoms with Gasteiger partial charge in [-0.05, 0) is 44.6 Å². The molecule has 0 unspecified atom stereocenters. The molecule has 3 nitrogen and oxygen atoms in total. The standard InChI is InChI=1S/C12H22N2O/c1-9-4-5-11(7-9)14-6-2-3-10(8-14)12(13)15/h9-11H,2-8H2,1H3,(H2,13,15)/t9-,10+,11+/m1/s1. The molecule has 2 N–H and O–H groups in total. The van der Waals surface area contributed by atoms with E-state index in [9.17, 15) is 4.79 Å². The highest BCUT2D eigenvalue weighted by atomic mass is 16.1. The second kappa shape index (κ2) is 4.52. The van der Waals surface area contributed by atoms with E-state index < -0.39 is 0 Å². The van der Waals surface area contributed by atoms with Gasteiger partial charge in [-0.3, -0.25) is 9.69 Å². The van der Waals surface area contributed by atoms with Crippen LogP contribution in [-0.2, 0) is 4.79 Å². The van der Waals surface area contributed by atoms with Gasteiger partial charge >= 0.3 is 0 Å². The van der Waals surface area contributed by atoms with Crippen LogP contribution in [0.4, 0.5) is 0 Å². The Kier molecular flexibility index (Phi) is 3.29. The minimum atomic E-state index is -0.106. The molecule has 1 aliphatic carbocycles. The van der Waals surface area contributed by atoms with Gasteiger partial charge in [0, 0.05) is 12.6 Å². The molecule has 2 rings (SSSR count). The van der Waals surface area contributed by atoms with Gasteiger partial charge < -0.3 is 5.73 Å². The van der Waals surface area contributed by atoms with E-state index in [0.717, 1.165) is 31.3 Å². The Hall–Kier alpha value is -0.570. The first-order valence-electron chi connectivity index (χ1n) is 6.20. The number of nitrogens with zero attached hydrogens (tertiary/aromatic N) is 1. The fraction of sp³-hybridized carbons (Fsp3) is 0.917. The lowest BCUT2D eigenvalue weighted by Crippen LogP contribution is -2.45. The van der Waals surface area contributed by atoms with Crippen molar-refractivity contribution in [3.05, 3.63) is 0 Å². The highest BCUT2D eigenvalue weighted by Crippen LogP contribution is 2.31. The third-order valence-electron chi connectivity index (χ3n) is 4.04. The van der Waals surface area contributed by atoms with Crippen molar-refractivity contribution in [2.75, 3.05) is 13.1 Å². The Morgan fingerprint density at radius 2 is 2.13 bits per heavy atom. The van der Waals surface area contributed by atoms with Crippen LogP contribution in [0.25, 0.3) is 0 Å². The molecule has 1 heterocycles. The van der Waals surface area contributed by atoms with Gasteiger partial charge in [-0.2, -0.15) is 0 Å². The van der Waals surface area contributed by atoms with E-state index in [1.165, 1.54) is 25.8 Å². The van der Waals surface area contributed by atoms with Gasteiger partial charge in [0.25, 0.3) is 0 Å². The van der Waals surface area contributed by atoms with Crippen molar-refractivity contribution in [2.45, 2.75) is 45.1 Å². The first kappa shape index (κ1) is 10.9. The van der Waals surface area contributed by atoms with E-state index in [1.54, 1.807) is 0 Å². The van der Waals surface area contributed by atoms with Crippen LogP contribution in [0.15, 0.2) is 0 Å². The van der Waals surface area contributed by atoms with Crippen LogP contribution in [0.5, 0.6) is 0 Å². The molecule has 0 aromatic carbocycles. The van der Waals surface area contributed by atoms with Gasteiger partial charge in [-0.1, -0.05) is 6.92 Å². The molecule has 0 aromatic rings. The van der Waals surface area contributed by atoms with Crippen LogP contribution < -0.4 is 5.73 Å². The third kappa shape index (κ3) is 2.51.